The Morgan fingerprint density at radius 2 is 1.81 bits per heavy atom. The lowest BCUT2D eigenvalue weighted by Crippen LogP contribution is -2.57. The van der Waals surface area contributed by atoms with E-state index in [0.29, 0.717) is 19.4 Å². The number of rotatable bonds is 2. The first-order chi connectivity index (χ1) is 9.93. The fourth-order valence-electron chi connectivity index (χ4n) is 2.98. The van der Waals surface area contributed by atoms with Crippen LogP contribution in [0.25, 0.3) is 0 Å². The second-order valence-corrected chi connectivity index (χ2v) is 7.84. The van der Waals surface area contributed by atoms with Crippen LogP contribution in [-0.4, -0.2) is 42.2 Å². The minimum Gasteiger partial charge on any atom is -0.385 e. The van der Waals surface area contributed by atoms with Gasteiger partial charge in [-0.1, -0.05) is 30.3 Å². The minimum absolute atomic E-state index is 0.0434. The van der Waals surface area contributed by atoms with E-state index in [1.807, 2.05) is 30.3 Å². The molecular formula is C14H17N3O3S. The maximum absolute atomic E-state index is 12.1. The van der Waals surface area contributed by atoms with E-state index in [1.165, 1.54) is 0 Å². The molecule has 0 atom stereocenters. The van der Waals surface area contributed by atoms with Gasteiger partial charge in [0.2, 0.25) is 0 Å². The molecule has 1 fully saturated rings. The second-order valence-electron chi connectivity index (χ2n) is 5.53. The molecule has 1 saturated heterocycles. The van der Waals surface area contributed by atoms with Crippen molar-refractivity contribution in [2.24, 2.45) is 10.7 Å². The number of amides is 2. The average molecular weight is 307 g/mol. The van der Waals surface area contributed by atoms with Crippen LogP contribution in [0.2, 0.25) is 0 Å². The quantitative estimate of drug-likeness (QED) is 0.879. The average Bonchev–Trinajstić information content (AvgIpc) is 2.68. The lowest BCUT2D eigenvalue weighted by molar-refractivity contribution is 0.158. The first kappa shape index (κ1) is 14.1. The monoisotopic (exact) mass is 307 g/mol. The highest BCUT2D eigenvalue weighted by atomic mass is 32.2. The molecule has 2 aliphatic rings. The molecule has 112 valence electrons. The largest absolute Gasteiger partial charge is 0.385 e. The second kappa shape index (κ2) is 4.84. The summed E-state index contributed by atoms with van der Waals surface area (Å²) < 4.78 is 23.3. The Morgan fingerprint density at radius 3 is 2.43 bits per heavy atom. The smallest absolute Gasteiger partial charge is 0.346 e. The lowest BCUT2D eigenvalue weighted by atomic mass is 9.89. The van der Waals surface area contributed by atoms with Crippen molar-refractivity contribution >= 4 is 21.7 Å². The zero-order valence-corrected chi connectivity index (χ0v) is 12.3. The molecule has 0 saturated carbocycles. The maximum Gasteiger partial charge on any atom is 0.346 e. The Balaban J connectivity index is 1.90. The van der Waals surface area contributed by atoms with Crippen LogP contribution in [-0.2, 0) is 16.4 Å². The third kappa shape index (κ3) is 2.42. The summed E-state index contributed by atoms with van der Waals surface area (Å²) >= 11 is 0. The number of benzene rings is 1. The number of carbonyl (C=O) groups is 1. The SMILES string of the molecule is NC1=NC(=O)N(Cc2ccccc2)C12CCS(=O)(=O)CC2. The van der Waals surface area contributed by atoms with Crippen molar-refractivity contribution in [3.8, 4) is 0 Å². The molecule has 0 aromatic heterocycles. The molecule has 1 spiro atoms. The molecule has 21 heavy (non-hydrogen) atoms. The van der Waals surface area contributed by atoms with Crippen LogP contribution in [0, 0.1) is 0 Å². The number of amidine groups is 1. The van der Waals surface area contributed by atoms with Crippen LogP contribution in [0.1, 0.15) is 18.4 Å². The van der Waals surface area contributed by atoms with Gasteiger partial charge in [-0.25, -0.2) is 13.2 Å². The van der Waals surface area contributed by atoms with Crippen LogP contribution in [0.3, 0.4) is 0 Å². The number of hydrogen-bond acceptors (Lipinski definition) is 4. The Bertz CT molecular complexity index is 683. The Kier molecular flexibility index (Phi) is 3.24. The highest BCUT2D eigenvalue weighted by molar-refractivity contribution is 7.91. The number of hydrogen-bond donors (Lipinski definition) is 1. The topological polar surface area (TPSA) is 92.8 Å². The summed E-state index contributed by atoms with van der Waals surface area (Å²) in [5.41, 5.74) is 6.20. The van der Waals surface area contributed by atoms with Gasteiger partial charge in [-0.05, 0) is 18.4 Å². The van der Waals surface area contributed by atoms with Gasteiger partial charge in [0, 0.05) is 6.54 Å². The highest BCUT2D eigenvalue weighted by Gasteiger charge is 2.51. The van der Waals surface area contributed by atoms with Gasteiger partial charge < -0.3 is 10.6 Å². The molecule has 0 aliphatic carbocycles. The van der Waals surface area contributed by atoms with Crippen LogP contribution in [0.4, 0.5) is 4.79 Å². The lowest BCUT2D eigenvalue weighted by Gasteiger charge is -2.40. The molecule has 2 heterocycles. The van der Waals surface area contributed by atoms with Gasteiger partial charge in [-0.15, -0.1) is 0 Å². The van der Waals surface area contributed by atoms with Gasteiger partial charge in [-0.3, -0.25) is 0 Å². The molecule has 2 aliphatic heterocycles. The van der Waals surface area contributed by atoms with Crippen molar-refractivity contribution in [3.05, 3.63) is 35.9 Å². The third-order valence-electron chi connectivity index (χ3n) is 4.28. The van der Waals surface area contributed by atoms with Crippen molar-refractivity contribution in [2.45, 2.75) is 24.9 Å². The molecule has 1 aromatic rings. The first-order valence-corrected chi connectivity index (χ1v) is 8.66. The third-order valence-corrected chi connectivity index (χ3v) is 5.93. The summed E-state index contributed by atoms with van der Waals surface area (Å²) in [6.07, 6.45) is 0.645. The molecule has 0 bridgehead atoms. The Morgan fingerprint density at radius 1 is 1.19 bits per heavy atom. The van der Waals surface area contributed by atoms with Gasteiger partial charge in [0.15, 0.2) is 9.84 Å². The molecule has 0 radical (unpaired) electrons. The molecule has 3 rings (SSSR count). The predicted molar refractivity (Wildman–Crippen MR) is 79.6 cm³/mol. The van der Waals surface area contributed by atoms with Crippen LogP contribution in [0.15, 0.2) is 35.3 Å². The number of sulfone groups is 1. The number of aliphatic imine (C=N–C) groups is 1. The first-order valence-electron chi connectivity index (χ1n) is 6.84. The van der Waals surface area contributed by atoms with Crippen molar-refractivity contribution in [1.29, 1.82) is 0 Å². The van der Waals surface area contributed by atoms with E-state index in [-0.39, 0.29) is 23.4 Å². The summed E-state index contributed by atoms with van der Waals surface area (Å²) in [5, 5.41) is 0. The zero-order chi connectivity index (χ0) is 15.1. The number of nitrogens with two attached hydrogens (primary N) is 1. The fraction of sp³-hybridized carbons (Fsp3) is 0.429. The molecule has 2 N–H and O–H groups in total. The summed E-state index contributed by atoms with van der Waals surface area (Å²) in [4.78, 5) is 17.6. The number of urea groups is 1. The van der Waals surface area contributed by atoms with Gasteiger partial charge in [-0.2, -0.15) is 4.99 Å². The summed E-state index contributed by atoms with van der Waals surface area (Å²) in [5.74, 6) is 0.335. The standard InChI is InChI=1S/C14H17N3O3S/c15-12-14(6-8-21(19,20)9-7-14)17(13(18)16-12)10-11-4-2-1-3-5-11/h1-5H,6-10H2,(H2,15,16,18). The van der Waals surface area contributed by atoms with Gasteiger partial charge in [0.1, 0.15) is 11.4 Å². The minimum atomic E-state index is -3.03. The number of nitrogens with zero attached hydrogens (tertiary/aromatic N) is 2. The van der Waals surface area contributed by atoms with Crippen molar-refractivity contribution in [1.82, 2.24) is 4.90 Å². The van der Waals surface area contributed by atoms with E-state index in [2.05, 4.69) is 4.99 Å². The molecule has 0 unspecified atom stereocenters. The molecule has 6 nitrogen and oxygen atoms in total. The molecule has 7 heteroatoms. The van der Waals surface area contributed by atoms with Gasteiger partial charge >= 0.3 is 6.03 Å². The van der Waals surface area contributed by atoms with Crippen molar-refractivity contribution < 1.29 is 13.2 Å². The molecule has 1 aromatic carbocycles. The highest BCUT2D eigenvalue weighted by Crippen LogP contribution is 2.35. The molecular weight excluding hydrogens is 290 g/mol. The van der Waals surface area contributed by atoms with E-state index in [9.17, 15) is 13.2 Å². The van der Waals surface area contributed by atoms with E-state index < -0.39 is 15.4 Å². The Labute approximate surface area is 123 Å². The number of carbonyl (C=O) groups excluding carboxylic acids is 1. The zero-order valence-electron chi connectivity index (χ0n) is 11.5. The maximum atomic E-state index is 12.1. The fourth-order valence-corrected chi connectivity index (χ4v) is 4.48. The van der Waals surface area contributed by atoms with E-state index in [0.717, 1.165) is 5.56 Å². The van der Waals surface area contributed by atoms with Crippen LogP contribution < -0.4 is 5.73 Å². The summed E-state index contributed by atoms with van der Waals surface area (Å²) in [6.45, 7) is 0.393. The van der Waals surface area contributed by atoms with Gasteiger partial charge in [0.05, 0.1) is 11.5 Å². The van der Waals surface area contributed by atoms with Crippen molar-refractivity contribution in [2.75, 3.05) is 11.5 Å². The van der Waals surface area contributed by atoms with Gasteiger partial charge in [0.25, 0.3) is 0 Å². The predicted octanol–water partition coefficient (Wildman–Crippen LogP) is 0.927. The Hall–Kier alpha value is -1.89. The summed E-state index contributed by atoms with van der Waals surface area (Å²) in [7, 11) is -3.03. The van der Waals surface area contributed by atoms with Crippen LogP contribution >= 0.6 is 0 Å². The van der Waals surface area contributed by atoms with Crippen molar-refractivity contribution in [3.63, 3.8) is 0 Å². The van der Waals surface area contributed by atoms with E-state index in [1.54, 1.807) is 4.90 Å². The normalized spacial score (nSPS) is 23.3. The summed E-state index contributed by atoms with van der Waals surface area (Å²) in [6, 6.07) is 9.18. The van der Waals surface area contributed by atoms with Crippen LogP contribution in [0.5, 0.6) is 0 Å². The molecule has 2 amide bonds. The van der Waals surface area contributed by atoms with E-state index >= 15 is 0 Å². The van der Waals surface area contributed by atoms with E-state index in [4.69, 9.17) is 5.73 Å².